The molecule has 0 saturated carbocycles. The van der Waals surface area contributed by atoms with E-state index < -0.39 is 16.4 Å². The van der Waals surface area contributed by atoms with Crippen molar-refractivity contribution in [1.29, 1.82) is 0 Å². The molecule has 4 nitrogen and oxygen atoms in total. The predicted molar refractivity (Wildman–Crippen MR) is 75.7 cm³/mol. The predicted octanol–water partition coefficient (Wildman–Crippen LogP) is 4.21. The van der Waals surface area contributed by atoms with E-state index in [4.69, 9.17) is 4.74 Å². The molecular weight excluding hydrogens is 329 g/mol. The van der Waals surface area contributed by atoms with Crippen LogP contribution in [0.25, 0.3) is 0 Å². The number of benzene rings is 2. The van der Waals surface area contributed by atoms with E-state index in [1.807, 2.05) is 24.3 Å². The van der Waals surface area contributed by atoms with Crippen LogP contribution in [0.15, 0.2) is 46.9 Å². The van der Waals surface area contributed by atoms with Gasteiger partial charge in [-0.2, -0.15) is 4.39 Å². The summed E-state index contributed by atoms with van der Waals surface area (Å²) in [5, 5.41) is 10.6. The molecule has 0 saturated heterocycles. The molecule has 2 rings (SSSR count). The van der Waals surface area contributed by atoms with Crippen LogP contribution < -0.4 is 0 Å². The highest BCUT2D eigenvalue weighted by molar-refractivity contribution is 9.10. The molecule has 0 aromatic heterocycles. The van der Waals surface area contributed by atoms with Gasteiger partial charge in [-0.15, -0.1) is 0 Å². The number of ether oxygens (including phenoxy) is 1. The SMILES string of the molecule is O=[N+]([O-])c1cccc(COCc2cccc(Br)c2)c1F. The van der Waals surface area contributed by atoms with Crippen LogP contribution in [0.1, 0.15) is 11.1 Å². The lowest BCUT2D eigenvalue weighted by atomic mass is 10.2. The normalized spacial score (nSPS) is 10.5. The van der Waals surface area contributed by atoms with Crippen LogP contribution in [0, 0.1) is 15.9 Å². The highest BCUT2D eigenvalue weighted by Crippen LogP contribution is 2.21. The average molecular weight is 340 g/mol. The Labute approximate surface area is 123 Å². The Morgan fingerprint density at radius 1 is 1.20 bits per heavy atom. The third-order valence-corrected chi connectivity index (χ3v) is 3.16. The van der Waals surface area contributed by atoms with Gasteiger partial charge in [-0.1, -0.05) is 40.2 Å². The van der Waals surface area contributed by atoms with E-state index >= 15 is 0 Å². The smallest absolute Gasteiger partial charge is 0.305 e. The van der Waals surface area contributed by atoms with Crippen molar-refractivity contribution in [1.82, 2.24) is 0 Å². The van der Waals surface area contributed by atoms with Gasteiger partial charge in [-0.25, -0.2) is 0 Å². The minimum atomic E-state index is -0.841. The maximum absolute atomic E-state index is 13.8. The van der Waals surface area contributed by atoms with Gasteiger partial charge in [0.2, 0.25) is 5.82 Å². The standard InChI is InChI=1S/C14H11BrFNO3/c15-12-5-1-3-10(7-12)8-20-9-11-4-2-6-13(14(11)16)17(18)19/h1-7H,8-9H2. The lowest BCUT2D eigenvalue weighted by molar-refractivity contribution is -0.387. The summed E-state index contributed by atoms with van der Waals surface area (Å²) < 4.78 is 20.1. The zero-order chi connectivity index (χ0) is 14.5. The highest BCUT2D eigenvalue weighted by Gasteiger charge is 2.16. The van der Waals surface area contributed by atoms with Crippen LogP contribution in [0.3, 0.4) is 0 Å². The summed E-state index contributed by atoms with van der Waals surface area (Å²) in [5.74, 6) is -0.841. The monoisotopic (exact) mass is 339 g/mol. The molecular formula is C14H11BrFNO3. The second-order valence-electron chi connectivity index (χ2n) is 4.13. The molecule has 20 heavy (non-hydrogen) atoms. The Balaban J connectivity index is 2.01. The number of nitro benzene ring substituents is 1. The van der Waals surface area contributed by atoms with Crippen LogP contribution in [0.4, 0.5) is 10.1 Å². The first-order valence-electron chi connectivity index (χ1n) is 5.82. The van der Waals surface area contributed by atoms with Crippen molar-refractivity contribution in [3.63, 3.8) is 0 Å². The summed E-state index contributed by atoms with van der Waals surface area (Å²) in [5.41, 5.74) is 0.577. The minimum absolute atomic E-state index is 0.0139. The van der Waals surface area contributed by atoms with Gasteiger partial charge in [0, 0.05) is 16.1 Å². The number of hydrogen-bond donors (Lipinski definition) is 0. The molecule has 0 atom stereocenters. The van der Waals surface area contributed by atoms with Crippen molar-refractivity contribution in [2.75, 3.05) is 0 Å². The largest absolute Gasteiger partial charge is 0.372 e. The molecule has 2 aromatic carbocycles. The van der Waals surface area contributed by atoms with E-state index in [1.165, 1.54) is 12.1 Å². The number of halogens is 2. The van der Waals surface area contributed by atoms with E-state index in [1.54, 1.807) is 0 Å². The van der Waals surface area contributed by atoms with Gasteiger partial charge in [0.05, 0.1) is 18.1 Å². The Morgan fingerprint density at radius 2 is 1.95 bits per heavy atom. The molecule has 104 valence electrons. The second-order valence-corrected chi connectivity index (χ2v) is 5.05. The summed E-state index contributed by atoms with van der Waals surface area (Å²) in [7, 11) is 0. The van der Waals surface area contributed by atoms with Gasteiger partial charge < -0.3 is 4.74 Å². The van der Waals surface area contributed by atoms with Crippen molar-refractivity contribution in [2.45, 2.75) is 13.2 Å². The highest BCUT2D eigenvalue weighted by atomic mass is 79.9. The van der Waals surface area contributed by atoms with Crippen molar-refractivity contribution >= 4 is 21.6 Å². The molecule has 0 bridgehead atoms. The zero-order valence-corrected chi connectivity index (χ0v) is 12.0. The number of rotatable bonds is 5. The fourth-order valence-electron chi connectivity index (χ4n) is 1.72. The van der Waals surface area contributed by atoms with Crippen LogP contribution >= 0.6 is 15.9 Å². The Morgan fingerprint density at radius 3 is 2.65 bits per heavy atom. The zero-order valence-electron chi connectivity index (χ0n) is 10.4. The van der Waals surface area contributed by atoms with Gasteiger partial charge in [0.15, 0.2) is 0 Å². The van der Waals surface area contributed by atoms with E-state index in [-0.39, 0.29) is 12.2 Å². The Kier molecular flexibility index (Phi) is 4.81. The fourth-order valence-corrected chi connectivity index (χ4v) is 2.17. The first-order chi connectivity index (χ1) is 9.58. The molecule has 0 fully saturated rings. The van der Waals surface area contributed by atoms with Crippen LogP contribution in [-0.4, -0.2) is 4.92 Å². The van der Waals surface area contributed by atoms with Gasteiger partial charge >= 0.3 is 5.69 Å². The topological polar surface area (TPSA) is 52.4 Å². The lowest BCUT2D eigenvalue weighted by Crippen LogP contribution is -2.00. The summed E-state index contributed by atoms with van der Waals surface area (Å²) in [6.45, 7) is 0.293. The average Bonchev–Trinajstić information content (AvgIpc) is 2.40. The molecule has 0 unspecified atom stereocenters. The van der Waals surface area contributed by atoms with Gasteiger partial charge in [0.25, 0.3) is 0 Å². The number of nitro groups is 1. The van der Waals surface area contributed by atoms with E-state index in [9.17, 15) is 14.5 Å². The second kappa shape index (κ2) is 6.58. The van der Waals surface area contributed by atoms with Gasteiger partial charge in [-0.05, 0) is 17.7 Å². The number of nitrogens with zero attached hydrogens (tertiary/aromatic N) is 1. The van der Waals surface area contributed by atoms with E-state index in [0.717, 1.165) is 16.1 Å². The van der Waals surface area contributed by atoms with E-state index in [0.29, 0.717) is 6.61 Å². The molecule has 0 spiro atoms. The molecule has 0 aliphatic carbocycles. The molecule has 6 heteroatoms. The van der Waals surface area contributed by atoms with Gasteiger partial charge in [0.1, 0.15) is 0 Å². The maximum Gasteiger partial charge on any atom is 0.305 e. The molecule has 0 aliphatic heterocycles. The maximum atomic E-state index is 13.8. The molecule has 0 amide bonds. The van der Waals surface area contributed by atoms with Crippen LogP contribution in [0.2, 0.25) is 0 Å². The summed E-state index contributed by atoms with van der Waals surface area (Å²) in [4.78, 5) is 9.88. The molecule has 0 radical (unpaired) electrons. The van der Waals surface area contributed by atoms with Crippen molar-refractivity contribution in [3.8, 4) is 0 Å². The third-order valence-electron chi connectivity index (χ3n) is 2.67. The summed E-state index contributed by atoms with van der Waals surface area (Å²) >= 11 is 3.35. The van der Waals surface area contributed by atoms with Crippen molar-refractivity contribution in [3.05, 3.63) is 74.0 Å². The molecule has 2 aromatic rings. The van der Waals surface area contributed by atoms with Crippen LogP contribution in [0.5, 0.6) is 0 Å². The van der Waals surface area contributed by atoms with E-state index in [2.05, 4.69) is 15.9 Å². The first kappa shape index (κ1) is 14.6. The first-order valence-corrected chi connectivity index (χ1v) is 6.61. The van der Waals surface area contributed by atoms with Gasteiger partial charge in [-0.3, -0.25) is 10.1 Å². The molecule has 0 heterocycles. The Hall–Kier alpha value is -1.79. The van der Waals surface area contributed by atoms with Crippen molar-refractivity contribution in [2.24, 2.45) is 0 Å². The minimum Gasteiger partial charge on any atom is -0.372 e. The van der Waals surface area contributed by atoms with Crippen LogP contribution in [-0.2, 0) is 18.0 Å². The quantitative estimate of drug-likeness (QED) is 0.605. The molecule has 0 aliphatic rings. The third kappa shape index (κ3) is 3.61. The number of hydrogen-bond acceptors (Lipinski definition) is 3. The van der Waals surface area contributed by atoms with Crippen molar-refractivity contribution < 1.29 is 14.1 Å². The lowest BCUT2D eigenvalue weighted by Gasteiger charge is -2.06. The molecule has 0 N–H and O–H groups in total. The fraction of sp³-hybridized carbons (Fsp3) is 0.143. The Bertz CT molecular complexity index is 634. The summed E-state index contributed by atoms with van der Waals surface area (Å²) in [6.07, 6.45) is 0. The summed E-state index contributed by atoms with van der Waals surface area (Å²) in [6, 6.07) is 11.6.